The topological polar surface area (TPSA) is 120 Å². The lowest BCUT2D eigenvalue weighted by Crippen LogP contribution is -2.59. The molecule has 1 saturated heterocycles. The summed E-state index contributed by atoms with van der Waals surface area (Å²) in [5.41, 5.74) is -0.0313. The molecule has 1 saturated carbocycles. The van der Waals surface area contributed by atoms with Gasteiger partial charge in [0.2, 0.25) is 0 Å². The Morgan fingerprint density at radius 2 is 1.81 bits per heavy atom. The quantitative estimate of drug-likeness (QED) is 0.436. The number of aliphatic hydroxyl groups excluding tert-OH is 5. The molecule has 2 fully saturated rings. The maximum absolute atomic E-state index is 10.0. The summed E-state index contributed by atoms with van der Waals surface area (Å²) in [7, 11) is 0. The van der Waals surface area contributed by atoms with Crippen molar-refractivity contribution in [3.63, 3.8) is 0 Å². The Morgan fingerprint density at radius 3 is 2.38 bits per heavy atom. The van der Waals surface area contributed by atoms with E-state index in [0.29, 0.717) is 5.92 Å². The molecule has 9 atom stereocenters. The molecule has 0 radical (unpaired) electrons. The first-order chi connectivity index (χ1) is 12.1. The molecule has 0 aromatic rings. The number of hydrogen-bond donors (Lipinski definition) is 5. The second-order valence-corrected chi connectivity index (χ2v) is 8.51. The molecule has 1 heterocycles. The molecule has 0 aromatic heterocycles. The van der Waals surface area contributed by atoms with E-state index in [1.165, 1.54) is 0 Å². The lowest BCUT2D eigenvalue weighted by atomic mass is 9.63. The van der Waals surface area contributed by atoms with Gasteiger partial charge in [0.1, 0.15) is 24.4 Å². The molecule has 7 nitrogen and oxygen atoms in total. The van der Waals surface area contributed by atoms with Crippen LogP contribution in [0.25, 0.3) is 0 Å². The molecule has 7 heteroatoms. The third-order valence-corrected chi connectivity index (χ3v) is 5.71. The molecular formula is C19H34O7. The first kappa shape index (κ1) is 21.8. The summed E-state index contributed by atoms with van der Waals surface area (Å²) in [6.07, 6.45) is -1.53. The van der Waals surface area contributed by atoms with Crippen LogP contribution in [-0.4, -0.2) is 75.1 Å². The van der Waals surface area contributed by atoms with Crippen LogP contribution in [-0.2, 0) is 9.47 Å². The highest BCUT2D eigenvalue weighted by Crippen LogP contribution is 2.44. The summed E-state index contributed by atoms with van der Waals surface area (Å²) in [4.78, 5) is 0. The Bertz CT molecular complexity index is 479. The van der Waals surface area contributed by atoms with Crippen molar-refractivity contribution in [3.05, 3.63) is 12.2 Å². The van der Waals surface area contributed by atoms with Crippen LogP contribution in [0, 0.1) is 17.3 Å². The molecule has 152 valence electrons. The van der Waals surface area contributed by atoms with Crippen molar-refractivity contribution in [2.75, 3.05) is 6.61 Å². The van der Waals surface area contributed by atoms with E-state index in [0.717, 1.165) is 12.8 Å². The highest BCUT2D eigenvalue weighted by molar-refractivity contribution is 5.03. The molecule has 2 rings (SSSR count). The highest BCUT2D eigenvalue weighted by Gasteiger charge is 2.44. The van der Waals surface area contributed by atoms with Gasteiger partial charge in [0.05, 0.1) is 18.8 Å². The van der Waals surface area contributed by atoms with Gasteiger partial charge in [-0.1, -0.05) is 32.9 Å². The Morgan fingerprint density at radius 1 is 1.15 bits per heavy atom. The van der Waals surface area contributed by atoms with Crippen molar-refractivity contribution in [3.8, 4) is 0 Å². The number of hydrogen-bond acceptors (Lipinski definition) is 7. The summed E-state index contributed by atoms with van der Waals surface area (Å²) >= 11 is 0. The van der Waals surface area contributed by atoms with Gasteiger partial charge in [-0.25, -0.2) is 0 Å². The first-order valence-electron chi connectivity index (χ1n) is 9.39. The van der Waals surface area contributed by atoms with E-state index in [9.17, 15) is 25.5 Å². The van der Waals surface area contributed by atoms with E-state index in [2.05, 4.69) is 26.8 Å². The van der Waals surface area contributed by atoms with Crippen LogP contribution in [0.5, 0.6) is 0 Å². The molecule has 0 aromatic carbocycles. The fourth-order valence-corrected chi connectivity index (χ4v) is 4.34. The van der Waals surface area contributed by atoms with Gasteiger partial charge in [0, 0.05) is 0 Å². The van der Waals surface area contributed by atoms with Gasteiger partial charge in [0.25, 0.3) is 0 Å². The second kappa shape index (κ2) is 8.65. The SMILES string of the molecule is C[C@H](/C=C/[C@H]1[C@H](C)C[C@@H](O)CC1(C)C)O[C@@H]1O[C@H](CO)[C@@H](O)[C@H](O)[C@H]1O. The Labute approximate surface area is 155 Å². The van der Waals surface area contributed by atoms with Gasteiger partial charge in [-0.2, -0.15) is 0 Å². The smallest absolute Gasteiger partial charge is 0.187 e. The lowest BCUT2D eigenvalue weighted by molar-refractivity contribution is -0.306. The maximum Gasteiger partial charge on any atom is 0.187 e. The average Bonchev–Trinajstić information content (AvgIpc) is 2.53. The van der Waals surface area contributed by atoms with Crippen LogP contribution < -0.4 is 0 Å². The number of aliphatic hydroxyl groups is 5. The van der Waals surface area contributed by atoms with Crippen LogP contribution in [0.4, 0.5) is 0 Å². The molecule has 26 heavy (non-hydrogen) atoms. The molecule has 1 aliphatic carbocycles. The zero-order valence-corrected chi connectivity index (χ0v) is 16.0. The second-order valence-electron chi connectivity index (χ2n) is 8.51. The molecule has 0 unspecified atom stereocenters. The van der Waals surface area contributed by atoms with Crippen LogP contribution >= 0.6 is 0 Å². The fraction of sp³-hybridized carbons (Fsp3) is 0.895. The predicted molar refractivity (Wildman–Crippen MR) is 95.1 cm³/mol. The Balaban J connectivity index is 1.99. The monoisotopic (exact) mass is 374 g/mol. The van der Waals surface area contributed by atoms with Gasteiger partial charge in [-0.3, -0.25) is 0 Å². The van der Waals surface area contributed by atoms with Gasteiger partial charge < -0.3 is 35.0 Å². The molecular weight excluding hydrogens is 340 g/mol. The lowest BCUT2D eigenvalue weighted by Gasteiger charge is -2.44. The summed E-state index contributed by atoms with van der Waals surface area (Å²) in [6, 6.07) is 0. The minimum Gasteiger partial charge on any atom is -0.394 e. The third-order valence-electron chi connectivity index (χ3n) is 5.71. The number of allylic oxidation sites excluding steroid dienone is 1. The van der Waals surface area contributed by atoms with E-state index in [4.69, 9.17) is 9.47 Å². The van der Waals surface area contributed by atoms with Crippen molar-refractivity contribution in [2.45, 2.75) is 83.5 Å². The average molecular weight is 374 g/mol. The fourth-order valence-electron chi connectivity index (χ4n) is 4.34. The largest absolute Gasteiger partial charge is 0.394 e. The van der Waals surface area contributed by atoms with E-state index >= 15 is 0 Å². The van der Waals surface area contributed by atoms with Crippen LogP contribution in [0.1, 0.15) is 40.5 Å². The molecule has 1 aliphatic heterocycles. The molecule has 2 aliphatic rings. The van der Waals surface area contributed by atoms with Gasteiger partial charge >= 0.3 is 0 Å². The van der Waals surface area contributed by atoms with E-state index in [-0.39, 0.29) is 17.4 Å². The zero-order chi connectivity index (χ0) is 19.6. The van der Waals surface area contributed by atoms with Crippen LogP contribution in [0.2, 0.25) is 0 Å². The summed E-state index contributed by atoms with van der Waals surface area (Å²) in [5.74, 6) is 0.621. The van der Waals surface area contributed by atoms with Crippen LogP contribution in [0.3, 0.4) is 0 Å². The van der Waals surface area contributed by atoms with E-state index < -0.39 is 43.4 Å². The third kappa shape index (κ3) is 4.84. The van der Waals surface area contributed by atoms with Gasteiger partial charge in [-0.05, 0) is 37.0 Å². The summed E-state index contributed by atoms with van der Waals surface area (Å²) in [5, 5.41) is 48.9. The van der Waals surface area contributed by atoms with Crippen LogP contribution in [0.15, 0.2) is 12.2 Å². The zero-order valence-electron chi connectivity index (χ0n) is 16.0. The van der Waals surface area contributed by atoms with Gasteiger partial charge in [-0.15, -0.1) is 0 Å². The van der Waals surface area contributed by atoms with Gasteiger partial charge in [0.15, 0.2) is 6.29 Å². The highest BCUT2D eigenvalue weighted by atomic mass is 16.7. The minimum absolute atomic E-state index is 0.0313. The van der Waals surface area contributed by atoms with Crippen molar-refractivity contribution in [2.24, 2.45) is 17.3 Å². The van der Waals surface area contributed by atoms with Crippen molar-refractivity contribution in [1.29, 1.82) is 0 Å². The Hall–Kier alpha value is -0.540. The normalized spacial score (nSPS) is 45.0. The van der Waals surface area contributed by atoms with Crippen molar-refractivity contribution >= 4 is 0 Å². The first-order valence-corrected chi connectivity index (χ1v) is 9.39. The molecule has 5 N–H and O–H groups in total. The van der Waals surface area contributed by atoms with E-state index in [1.54, 1.807) is 6.92 Å². The Kier molecular flexibility index (Phi) is 7.23. The molecule has 0 bridgehead atoms. The van der Waals surface area contributed by atoms with Crippen molar-refractivity contribution < 1.29 is 35.0 Å². The van der Waals surface area contributed by atoms with Crippen molar-refractivity contribution in [1.82, 2.24) is 0 Å². The standard InChI is InChI=1S/C19H34O7/c1-10-7-12(21)8-19(3,4)13(10)6-5-11(2)25-18-17(24)16(23)15(22)14(9-20)26-18/h5-6,10-18,20-24H,7-9H2,1-4H3/b6-5+/t10-,11-,12-,13+,14-,15-,16+,17-,18-/m1/s1. The maximum atomic E-state index is 10.0. The minimum atomic E-state index is -1.44. The van der Waals surface area contributed by atoms with E-state index in [1.807, 2.05) is 6.08 Å². The number of ether oxygens (including phenoxy) is 2. The molecule has 0 spiro atoms. The molecule has 0 amide bonds. The summed E-state index contributed by atoms with van der Waals surface area (Å²) in [6.45, 7) is 7.73. The summed E-state index contributed by atoms with van der Waals surface area (Å²) < 4.78 is 11.0. The predicted octanol–water partition coefficient (Wildman–Crippen LogP) is 0.181. The number of rotatable bonds is 5.